The second-order valence-corrected chi connectivity index (χ2v) is 7.90. The van der Waals surface area contributed by atoms with Crippen LogP contribution in [-0.2, 0) is 12.8 Å². The van der Waals surface area contributed by atoms with Crippen LogP contribution in [0.5, 0.6) is 0 Å². The van der Waals surface area contributed by atoms with Gasteiger partial charge in [0.05, 0.1) is 33.5 Å². The van der Waals surface area contributed by atoms with E-state index in [4.69, 9.17) is 9.97 Å². The summed E-state index contributed by atoms with van der Waals surface area (Å²) in [6, 6.07) is 21.2. The zero-order valence-electron chi connectivity index (χ0n) is 16.1. The summed E-state index contributed by atoms with van der Waals surface area (Å²) >= 11 is 0. The SMILES string of the molecule is c1cnc2c(c1)ccc1cc3c(nc12)CCc1cc2ccc4cccnc4c2nc1-3. The van der Waals surface area contributed by atoms with Crippen molar-refractivity contribution in [2.45, 2.75) is 12.8 Å². The lowest BCUT2D eigenvalue weighted by molar-refractivity contribution is 0.898. The number of pyridine rings is 4. The monoisotopic (exact) mass is 384 g/mol. The van der Waals surface area contributed by atoms with Gasteiger partial charge in [-0.2, -0.15) is 0 Å². The fraction of sp³-hybridized carbons (Fsp3) is 0.0769. The van der Waals surface area contributed by atoms with Gasteiger partial charge in [-0.25, -0.2) is 9.97 Å². The minimum atomic E-state index is 0.917. The molecule has 4 nitrogen and oxygen atoms in total. The van der Waals surface area contributed by atoms with E-state index in [0.717, 1.165) is 73.4 Å². The Balaban J connectivity index is 1.55. The van der Waals surface area contributed by atoms with E-state index < -0.39 is 0 Å². The molecule has 7 rings (SSSR count). The van der Waals surface area contributed by atoms with Crippen molar-refractivity contribution in [3.05, 3.63) is 84.3 Å². The molecule has 4 heterocycles. The molecule has 6 aromatic rings. The first-order chi connectivity index (χ1) is 14.8. The first kappa shape index (κ1) is 15.9. The molecule has 140 valence electrons. The molecule has 0 amide bonds. The molecular weight excluding hydrogens is 368 g/mol. The molecule has 0 spiro atoms. The topological polar surface area (TPSA) is 51.6 Å². The molecule has 0 atom stereocenters. The van der Waals surface area contributed by atoms with E-state index in [1.165, 1.54) is 5.56 Å². The third kappa shape index (κ3) is 2.16. The van der Waals surface area contributed by atoms with Crippen LogP contribution >= 0.6 is 0 Å². The zero-order chi connectivity index (χ0) is 19.7. The Bertz CT molecular complexity index is 1650. The van der Waals surface area contributed by atoms with Gasteiger partial charge in [-0.3, -0.25) is 9.97 Å². The van der Waals surface area contributed by atoms with E-state index in [-0.39, 0.29) is 0 Å². The van der Waals surface area contributed by atoms with Crippen molar-refractivity contribution in [2.75, 3.05) is 0 Å². The van der Waals surface area contributed by atoms with Crippen molar-refractivity contribution >= 4 is 43.6 Å². The minimum Gasteiger partial charge on any atom is -0.254 e. The van der Waals surface area contributed by atoms with Crippen LogP contribution < -0.4 is 0 Å². The van der Waals surface area contributed by atoms with Gasteiger partial charge in [-0.05, 0) is 42.7 Å². The summed E-state index contributed by atoms with van der Waals surface area (Å²) in [4.78, 5) is 19.4. The highest BCUT2D eigenvalue weighted by atomic mass is 14.8. The molecular formula is C26H16N4. The average molecular weight is 384 g/mol. The van der Waals surface area contributed by atoms with Crippen LogP contribution in [0, 0.1) is 0 Å². The molecule has 0 radical (unpaired) electrons. The van der Waals surface area contributed by atoms with E-state index in [9.17, 15) is 0 Å². The number of rotatable bonds is 0. The summed E-state index contributed by atoms with van der Waals surface area (Å²) in [5, 5.41) is 4.48. The smallest absolute Gasteiger partial charge is 0.0972 e. The first-order valence-electron chi connectivity index (χ1n) is 10.2. The van der Waals surface area contributed by atoms with Gasteiger partial charge in [0.1, 0.15) is 0 Å². The lowest BCUT2D eigenvalue weighted by Gasteiger charge is -2.20. The second kappa shape index (κ2) is 5.80. The standard InChI is InChI=1S/C26H16N4/c1-3-15-6-8-19-14-20-21(29-25(19)23(15)27-11-1)10-9-17-13-18-7-5-16-4-2-12-28-24(16)26(18)30-22(17)20/h1-8,11-14H,9-10H2. The Morgan fingerprint density at radius 2 is 1.20 bits per heavy atom. The molecule has 0 N–H and O–H groups in total. The van der Waals surface area contributed by atoms with Crippen LogP contribution in [0.3, 0.4) is 0 Å². The Kier molecular flexibility index (Phi) is 3.08. The first-order valence-corrected chi connectivity index (χ1v) is 10.2. The normalized spacial score (nSPS) is 13.1. The third-order valence-corrected chi connectivity index (χ3v) is 6.16. The lowest BCUT2D eigenvalue weighted by atomic mass is 9.90. The Labute approximate surface area is 172 Å². The summed E-state index contributed by atoms with van der Waals surface area (Å²) < 4.78 is 0. The van der Waals surface area contributed by atoms with Crippen LogP contribution in [0.1, 0.15) is 11.3 Å². The summed E-state index contributed by atoms with van der Waals surface area (Å²) in [6.45, 7) is 0. The fourth-order valence-electron chi connectivity index (χ4n) is 4.70. The fourth-order valence-corrected chi connectivity index (χ4v) is 4.70. The van der Waals surface area contributed by atoms with E-state index >= 15 is 0 Å². The summed E-state index contributed by atoms with van der Waals surface area (Å²) in [5.41, 5.74) is 8.41. The van der Waals surface area contributed by atoms with Crippen LogP contribution in [0.15, 0.2) is 73.1 Å². The molecule has 30 heavy (non-hydrogen) atoms. The number of hydrogen-bond acceptors (Lipinski definition) is 4. The molecule has 4 aromatic heterocycles. The lowest BCUT2D eigenvalue weighted by Crippen LogP contribution is -2.08. The van der Waals surface area contributed by atoms with Gasteiger partial charge in [-0.15, -0.1) is 0 Å². The Hall–Kier alpha value is -3.92. The maximum Gasteiger partial charge on any atom is 0.0972 e. The van der Waals surface area contributed by atoms with Gasteiger partial charge in [0.2, 0.25) is 0 Å². The average Bonchev–Trinajstić information content (AvgIpc) is 2.81. The van der Waals surface area contributed by atoms with E-state index in [0.29, 0.717) is 0 Å². The van der Waals surface area contributed by atoms with E-state index in [1.54, 1.807) is 0 Å². The largest absolute Gasteiger partial charge is 0.254 e. The molecule has 0 saturated carbocycles. The van der Waals surface area contributed by atoms with E-state index in [1.807, 2.05) is 24.5 Å². The van der Waals surface area contributed by atoms with Crippen LogP contribution in [-0.4, -0.2) is 19.9 Å². The number of nitrogens with zero attached hydrogens (tertiary/aromatic N) is 4. The molecule has 1 aliphatic carbocycles. The molecule has 4 heteroatoms. The van der Waals surface area contributed by atoms with Crippen molar-refractivity contribution in [1.29, 1.82) is 0 Å². The highest BCUT2D eigenvalue weighted by Gasteiger charge is 2.21. The van der Waals surface area contributed by atoms with Crippen LogP contribution in [0.2, 0.25) is 0 Å². The summed E-state index contributed by atoms with van der Waals surface area (Å²) in [6.07, 6.45) is 5.54. The van der Waals surface area contributed by atoms with Crippen molar-refractivity contribution in [3.8, 4) is 11.3 Å². The van der Waals surface area contributed by atoms with Gasteiger partial charge < -0.3 is 0 Å². The molecule has 0 fully saturated rings. The predicted molar refractivity (Wildman–Crippen MR) is 120 cm³/mol. The third-order valence-electron chi connectivity index (χ3n) is 6.16. The number of aromatic nitrogens is 4. The summed E-state index contributed by atoms with van der Waals surface area (Å²) in [7, 11) is 0. The van der Waals surface area contributed by atoms with Crippen molar-refractivity contribution < 1.29 is 0 Å². The highest BCUT2D eigenvalue weighted by Crippen LogP contribution is 2.37. The maximum absolute atomic E-state index is 5.14. The quantitative estimate of drug-likeness (QED) is 0.318. The molecule has 2 aromatic carbocycles. The molecule has 0 saturated heterocycles. The van der Waals surface area contributed by atoms with Gasteiger partial charge >= 0.3 is 0 Å². The van der Waals surface area contributed by atoms with Gasteiger partial charge in [0.25, 0.3) is 0 Å². The Morgan fingerprint density at radius 1 is 0.567 bits per heavy atom. The second-order valence-electron chi connectivity index (χ2n) is 7.90. The van der Waals surface area contributed by atoms with Crippen molar-refractivity contribution in [3.63, 3.8) is 0 Å². The van der Waals surface area contributed by atoms with Crippen molar-refractivity contribution in [1.82, 2.24) is 19.9 Å². The molecule has 0 unspecified atom stereocenters. The molecule has 1 aliphatic rings. The van der Waals surface area contributed by atoms with Crippen LogP contribution in [0.4, 0.5) is 0 Å². The predicted octanol–water partition coefficient (Wildman–Crippen LogP) is 5.65. The van der Waals surface area contributed by atoms with Crippen LogP contribution in [0.25, 0.3) is 54.9 Å². The maximum atomic E-state index is 5.14. The number of benzene rings is 2. The van der Waals surface area contributed by atoms with Crippen molar-refractivity contribution in [2.24, 2.45) is 0 Å². The molecule has 0 aliphatic heterocycles. The highest BCUT2D eigenvalue weighted by molar-refractivity contribution is 6.06. The number of aryl methyl sites for hydroxylation is 2. The number of fused-ring (bicyclic) bond motifs is 9. The molecule has 0 bridgehead atoms. The number of hydrogen-bond donors (Lipinski definition) is 0. The Morgan fingerprint density at radius 3 is 1.93 bits per heavy atom. The van der Waals surface area contributed by atoms with E-state index in [2.05, 4.69) is 58.5 Å². The zero-order valence-corrected chi connectivity index (χ0v) is 16.1. The van der Waals surface area contributed by atoms with Gasteiger partial charge in [0.15, 0.2) is 0 Å². The van der Waals surface area contributed by atoms with Gasteiger partial charge in [-0.1, -0.05) is 36.4 Å². The summed E-state index contributed by atoms with van der Waals surface area (Å²) in [5.74, 6) is 0. The minimum absolute atomic E-state index is 0.917. The van der Waals surface area contributed by atoms with Gasteiger partial charge in [0, 0.05) is 39.5 Å².